The minimum atomic E-state index is -1.70. The lowest BCUT2D eigenvalue weighted by Gasteiger charge is -2.02. The van der Waals surface area contributed by atoms with E-state index >= 15 is 0 Å². The number of furan rings is 1. The van der Waals surface area contributed by atoms with Gasteiger partial charge in [0, 0.05) is 6.07 Å². The Labute approximate surface area is 140 Å². The monoisotopic (exact) mass is 343 g/mol. The molecule has 3 aromatic rings. The van der Waals surface area contributed by atoms with Crippen LogP contribution in [0.25, 0.3) is 11.0 Å². The van der Waals surface area contributed by atoms with Crippen LogP contribution < -0.4 is 4.72 Å². The van der Waals surface area contributed by atoms with Crippen LogP contribution in [-0.4, -0.2) is 10.1 Å². The van der Waals surface area contributed by atoms with Gasteiger partial charge in [-0.2, -0.15) is 0 Å². The number of carbonyl (C=O) groups excluding carboxylic acids is 1. The van der Waals surface area contributed by atoms with Gasteiger partial charge in [0.05, 0.1) is 10.3 Å². The molecule has 0 bridgehead atoms. The predicted octanol–water partition coefficient (Wildman–Crippen LogP) is 3.90. The zero-order valence-corrected chi connectivity index (χ0v) is 13.4. The van der Waals surface area contributed by atoms with E-state index in [0.717, 1.165) is 18.4 Å². The quantitative estimate of drug-likeness (QED) is 0.781. The van der Waals surface area contributed by atoms with E-state index in [1.54, 1.807) is 36.4 Å². The maximum absolute atomic E-state index is 14.2. The molecule has 0 saturated heterocycles. The summed E-state index contributed by atoms with van der Waals surface area (Å²) in [6, 6.07) is 13.2. The number of benzene rings is 2. The molecule has 122 valence electrons. The van der Waals surface area contributed by atoms with Crippen LogP contribution in [0.15, 0.2) is 57.8 Å². The van der Waals surface area contributed by atoms with Gasteiger partial charge in [0.15, 0.2) is 16.7 Å². The minimum Gasteiger partial charge on any atom is -0.451 e. The molecule has 1 N–H and O–H groups in total. The molecular formula is C18H14FNO3S. The van der Waals surface area contributed by atoms with Gasteiger partial charge in [-0.25, -0.2) is 8.60 Å². The molecule has 1 heterocycles. The van der Waals surface area contributed by atoms with Gasteiger partial charge in [0.1, 0.15) is 11.4 Å². The molecule has 4 rings (SSSR count). The highest BCUT2D eigenvalue weighted by Crippen LogP contribution is 2.41. The molecule has 24 heavy (non-hydrogen) atoms. The maximum atomic E-state index is 14.2. The molecular weight excluding hydrogens is 329 g/mol. The van der Waals surface area contributed by atoms with E-state index in [1.165, 1.54) is 12.1 Å². The summed E-state index contributed by atoms with van der Waals surface area (Å²) in [4.78, 5) is 12.7. The summed E-state index contributed by atoms with van der Waals surface area (Å²) in [7, 11) is -1.70. The van der Waals surface area contributed by atoms with Crippen molar-refractivity contribution in [2.24, 2.45) is 0 Å². The van der Waals surface area contributed by atoms with Gasteiger partial charge in [-0.1, -0.05) is 18.2 Å². The van der Waals surface area contributed by atoms with Crippen LogP contribution in [0.2, 0.25) is 0 Å². The van der Waals surface area contributed by atoms with Crippen LogP contribution in [0.5, 0.6) is 0 Å². The summed E-state index contributed by atoms with van der Waals surface area (Å²) in [6.07, 6.45) is 2.10. The maximum Gasteiger partial charge on any atom is 0.298 e. The van der Waals surface area contributed by atoms with Crippen LogP contribution >= 0.6 is 0 Å². The van der Waals surface area contributed by atoms with Crippen LogP contribution in [0.1, 0.15) is 34.9 Å². The van der Waals surface area contributed by atoms with Crippen molar-refractivity contribution in [1.29, 1.82) is 0 Å². The molecule has 0 radical (unpaired) electrons. The molecule has 4 nitrogen and oxygen atoms in total. The SMILES string of the molecule is O=C(NS(=O)c1ccccc1)c1cc2c(F)cc(C3CC3)cc2o1. The van der Waals surface area contributed by atoms with E-state index in [-0.39, 0.29) is 11.1 Å². The van der Waals surface area contributed by atoms with Crippen LogP contribution in [0.3, 0.4) is 0 Å². The van der Waals surface area contributed by atoms with Gasteiger partial charge < -0.3 is 4.42 Å². The second-order valence-electron chi connectivity index (χ2n) is 5.81. The zero-order chi connectivity index (χ0) is 16.7. The molecule has 1 fully saturated rings. The molecule has 0 spiro atoms. The predicted molar refractivity (Wildman–Crippen MR) is 88.5 cm³/mol. The molecule has 1 atom stereocenters. The van der Waals surface area contributed by atoms with Gasteiger partial charge in [0.2, 0.25) is 0 Å². The Morgan fingerprint density at radius 1 is 1.17 bits per heavy atom. The molecule has 1 saturated carbocycles. The van der Waals surface area contributed by atoms with E-state index in [2.05, 4.69) is 4.72 Å². The number of fused-ring (bicyclic) bond motifs is 1. The number of hydrogen-bond acceptors (Lipinski definition) is 3. The summed E-state index contributed by atoms with van der Waals surface area (Å²) in [5, 5.41) is 0.259. The standard InChI is InChI=1S/C18H14FNO3S/c19-15-8-12(11-6-7-11)9-16-14(15)10-17(23-16)18(21)20-24(22)13-4-2-1-3-5-13/h1-5,8-11H,6-7H2,(H,20,21). The molecule has 1 aromatic heterocycles. The summed E-state index contributed by atoms with van der Waals surface area (Å²) in [5.74, 6) is -0.708. The van der Waals surface area contributed by atoms with Crippen LogP contribution in [-0.2, 0) is 11.0 Å². The number of halogens is 1. The fraction of sp³-hybridized carbons (Fsp3) is 0.167. The third-order valence-electron chi connectivity index (χ3n) is 4.02. The van der Waals surface area contributed by atoms with Crippen molar-refractivity contribution in [3.63, 3.8) is 0 Å². The summed E-state index contributed by atoms with van der Waals surface area (Å²) < 4.78 is 34.2. The lowest BCUT2D eigenvalue weighted by Crippen LogP contribution is -2.25. The second kappa shape index (κ2) is 5.87. The van der Waals surface area contributed by atoms with Gasteiger partial charge >= 0.3 is 0 Å². The number of carbonyl (C=O) groups is 1. The van der Waals surface area contributed by atoms with E-state index in [9.17, 15) is 13.4 Å². The van der Waals surface area contributed by atoms with Gasteiger partial charge in [-0.15, -0.1) is 0 Å². The Kier molecular flexibility index (Phi) is 3.69. The Morgan fingerprint density at radius 3 is 2.62 bits per heavy atom. The third-order valence-corrected chi connectivity index (χ3v) is 5.10. The highest BCUT2D eigenvalue weighted by molar-refractivity contribution is 7.83. The fourth-order valence-corrected chi connectivity index (χ4v) is 3.41. The van der Waals surface area contributed by atoms with E-state index < -0.39 is 22.7 Å². The van der Waals surface area contributed by atoms with E-state index in [1.807, 2.05) is 0 Å². The first-order valence-electron chi connectivity index (χ1n) is 7.62. The van der Waals surface area contributed by atoms with Crippen molar-refractivity contribution >= 4 is 27.9 Å². The van der Waals surface area contributed by atoms with Gasteiger partial charge in [-0.3, -0.25) is 9.52 Å². The molecule has 1 aliphatic rings. The van der Waals surface area contributed by atoms with Gasteiger partial charge in [0.25, 0.3) is 5.91 Å². The van der Waals surface area contributed by atoms with Crippen molar-refractivity contribution in [2.45, 2.75) is 23.7 Å². The Hall–Kier alpha value is -2.47. The average molecular weight is 343 g/mol. The molecule has 1 aliphatic carbocycles. The van der Waals surface area contributed by atoms with E-state index in [0.29, 0.717) is 16.4 Å². The molecule has 2 aromatic carbocycles. The number of amides is 1. The van der Waals surface area contributed by atoms with Crippen molar-refractivity contribution in [3.8, 4) is 0 Å². The van der Waals surface area contributed by atoms with Crippen molar-refractivity contribution in [1.82, 2.24) is 4.72 Å². The van der Waals surface area contributed by atoms with Crippen LogP contribution in [0.4, 0.5) is 4.39 Å². The molecule has 1 amide bonds. The largest absolute Gasteiger partial charge is 0.451 e. The van der Waals surface area contributed by atoms with Crippen molar-refractivity contribution in [3.05, 3.63) is 65.7 Å². The topological polar surface area (TPSA) is 59.3 Å². The number of hydrogen-bond donors (Lipinski definition) is 1. The molecule has 6 heteroatoms. The molecule has 1 unspecified atom stereocenters. The Morgan fingerprint density at radius 2 is 1.92 bits per heavy atom. The highest BCUT2D eigenvalue weighted by Gasteiger charge is 2.26. The Balaban J connectivity index is 1.60. The first-order valence-corrected chi connectivity index (χ1v) is 8.77. The lowest BCUT2D eigenvalue weighted by atomic mass is 10.1. The zero-order valence-electron chi connectivity index (χ0n) is 12.6. The molecule has 0 aliphatic heterocycles. The number of nitrogens with one attached hydrogen (secondary N) is 1. The van der Waals surface area contributed by atoms with Crippen molar-refractivity contribution in [2.75, 3.05) is 0 Å². The van der Waals surface area contributed by atoms with E-state index in [4.69, 9.17) is 4.42 Å². The van der Waals surface area contributed by atoms with Crippen LogP contribution in [0, 0.1) is 5.82 Å². The van der Waals surface area contributed by atoms with Gasteiger partial charge in [-0.05, 0) is 48.6 Å². The smallest absolute Gasteiger partial charge is 0.298 e. The summed E-state index contributed by atoms with van der Waals surface area (Å²) >= 11 is 0. The highest BCUT2D eigenvalue weighted by atomic mass is 32.2. The third kappa shape index (κ3) is 2.85. The minimum absolute atomic E-state index is 0.0545. The second-order valence-corrected chi connectivity index (χ2v) is 7.03. The summed E-state index contributed by atoms with van der Waals surface area (Å²) in [5.41, 5.74) is 1.24. The fourth-order valence-electron chi connectivity index (χ4n) is 2.62. The average Bonchev–Trinajstić information content (AvgIpc) is 3.34. The first kappa shape index (κ1) is 15.1. The lowest BCUT2D eigenvalue weighted by molar-refractivity contribution is 0.0958. The van der Waals surface area contributed by atoms with Crippen molar-refractivity contribution < 1.29 is 17.8 Å². The number of rotatable bonds is 4. The summed E-state index contributed by atoms with van der Waals surface area (Å²) in [6.45, 7) is 0. The first-order chi connectivity index (χ1) is 11.6. The normalized spacial score (nSPS) is 15.4. The Bertz CT molecular complexity index is 948.